The summed E-state index contributed by atoms with van der Waals surface area (Å²) >= 11 is 0. The molecule has 0 saturated carbocycles. The van der Waals surface area contributed by atoms with Crippen LogP contribution in [0.15, 0.2) is 41.5 Å². The van der Waals surface area contributed by atoms with Crippen molar-refractivity contribution < 1.29 is 49.3 Å². The normalized spacial score (nSPS) is 29.3. The predicted octanol–water partition coefficient (Wildman–Crippen LogP) is 2.32. The zero-order valence-electron chi connectivity index (χ0n) is 26.1. The first kappa shape index (κ1) is 36.6. The number of phenolic OH excluding ortho intramolecular Hbond substituents is 2. The first-order chi connectivity index (χ1) is 20.7. The molecule has 13 nitrogen and oxygen atoms in total. The van der Waals surface area contributed by atoms with Gasteiger partial charge in [0.15, 0.2) is 6.10 Å². The van der Waals surface area contributed by atoms with E-state index in [2.05, 4.69) is 10.6 Å². The van der Waals surface area contributed by atoms with E-state index >= 15 is 0 Å². The van der Waals surface area contributed by atoms with Crippen LogP contribution in [0, 0.1) is 11.8 Å². The number of phenols is 2. The predicted molar refractivity (Wildman–Crippen MR) is 165 cm³/mol. The molecule has 2 amide bonds. The van der Waals surface area contributed by atoms with E-state index in [1.54, 1.807) is 39.0 Å². The van der Waals surface area contributed by atoms with E-state index in [9.17, 15) is 35.1 Å². The highest BCUT2D eigenvalue weighted by Gasteiger charge is 2.30. The molecule has 13 heteroatoms. The number of rotatable bonds is 7. The molecule has 0 fully saturated rings. The van der Waals surface area contributed by atoms with Gasteiger partial charge < -0.3 is 56.1 Å². The lowest BCUT2D eigenvalue weighted by atomic mass is 9.87. The van der Waals surface area contributed by atoms with Gasteiger partial charge in [0, 0.05) is 43.9 Å². The van der Waals surface area contributed by atoms with E-state index < -0.39 is 55.0 Å². The molecule has 1 aliphatic heterocycles. The van der Waals surface area contributed by atoms with Gasteiger partial charge >= 0.3 is 6.09 Å². The monoisotopic (exact) mass is 621 g/mol. The minimum absolute atomic E-state index is 0.0425. The van der Waals surface area contributed by atoms with Gasteiger partial charge in [-0.1, -0.05) is 38.2 Å². The standard InChI is InChI=1S/C31H47N3O10/c1-16-10-21-26(33-14-20(36)15-35)23(37)13-22(28(21)39)34-30(40)17(2)8-7-9-24(42-5)29(44-31(32)41)19(4)12-18(3)27(38)25(11-16)43-6/h7-9,12-13,16,18,20,24-25,27,29,33,35-39H,10-11,14-15H2,1-6H3,(H2,32,41)(H,34,40)/b9-7-,17-8+,19-12+/t16-,18?,20?,24?,25?,27-,29?/m1/s1. The number of anilines is 2. The first-order valence-corrected chi connectivity index (χ1v) is 14.4. The molecule has 2 bridgehead atoms. The van der Waals surface area contributed by atoms with Gasteiger partial charge in [0.1, 0.15) is 17.6 Å². The Balaban J connectivity index is 2.66. The highest BCUT2D eigenvalue weighted by atomic mass is 16.6. The fraction of sp³-hybridized carbons (Fsp3) is 0.548. The molecule has 0 radical (unpaired) electrons. The number of fused-ring (bicyclic) bond motifs is 2. The molecule has 44 heavy (non-hydrogen) atoms. The second kappa shape index (κ2) is 17.0. The van der Waals surface area contributed by atoms with Crippen LogP contribution in [-0.2, 0) is 25.4 Å². The maximum atomic E-state index is 13.0. The molecule has 0 saturated heterocycles. The summed E-state index contributed by atoms with van der Waals surface area (Å²) in [5.74, 6) is -1.85. The third kappa shape index (κ3) is 9.96. The SMILES string of the molecule is COC1/C=C\C=C(/C)C(=O)Nc2cc(O)c(NCC(O)CO)c(c2O)C[C@@H](C)CC(OC)[C@H](O)C(C)/C=C(\C)C1OC(N)=O. The number of nitrogens with two attached hydrogens (primary N) is 1. The summed E-state index contributed by atoms with van der Waals surface area (Å²) in [5, 5.41) is 58.0. The smallest absolute Gasteiger partial charge is 0.405 e. The summed E-state index contributed by atoms with van der Waals surface area (Å²) in [5.41, 5.74) is 6.52. The number of carbonyl (C=O) groups is 2. The number of nitrogens with one attached hydrogen (secondary N) is 2. The highest BCUT2D eigenvalue weighted by molar-refractivity contribution is 6.04. The molecule has 246 valence electrons. The molecule has 9 N–H and O–H groups in total. The number of carbonyl (C=O) groups excluding carboxylic acids is 2. The van der Waals surface area contributed by atoms with E-state index in [0.717, 1.165) is 0 Å². The van der Waals surface area contributed by atoms with E-state index in [1.807, 2.05) is 6.92 Å². The van der Waals surface area contributed by atoms with Crippen LogP contribution < -0.4 is 16.4 Å². The van der Waals surface area contributed by atoms with Crippen LogP contribution >= 0.6 is 0 Å². The van der Waals surface area contributed by atoms with Gasteiger partial charge in [-0.25, -0.2) is 4.79 Å². The Kier molecular flexibility index (Phi) is 14.1. The van der Waals surface area contributed by atoms with Crippen molar-refractivity contribution in [1.82, 2.24) is 0 Å². The Morgan fingerprint density at radius 3 is 2.48 bits per heavy atom. The lowest BCUT2D eigenvalue weighted by molar-refractivity contribution is -0.112. The Labute approximate surface area is 258 Å². The molecule has 1 heterocycles. The number of hydrogen-bond donors (Lipinski definition) is 8. The minimum atomic E-state index is -1.12. The van der Waals surface area contributed by atoms with Crippen molar-refractivity contribution >= 4 is 23.4 Å². The van der Waals surface area contributed by atoms with Crippen molar-refractivity contribution in [2.75, 3.05) is 38.0 Å². The van der Waals surface area contributed by atoms with Crippen molar-refractivity contribution in [1.29, 1.82) is 0 Å². The van der Waals surface area contributed by atoms with Crippen molar-refractivity contribution in [3.63, 3.8) is 0 Å². The fourth-order valence-corrected chi connectivity index (χ4v) is 5.09. The summed E-state index contributed by atoms with van der Waals surface area (Å²) in [4.78, 5) is 24.8. The van der Waals surface area contributed by atoms with Crippen LogP contribution in [0.1, 0.15) is 39.7 Å². The summed E-state index contributed by atoms with van der Waals surface area (Å²) < 4.78 is 16.6. The van der Waals surface area contributed by atoms with E-state index in [-0.39, 0.29) is 52.9 Å². The molecule has 0 spiro atoms. The second-order valence-electron chi connectivity index (χ2n) is 11.2. The molecule has 1 aromatic rings. The number of primary amides is 1. The maximum Gasteiger partial charge on any atom is 0.405 e. The van der Waals surface area contributed by atoms with Crippen LogP contribution in [0.25, 0.3) is 0 Å². The van der Waals surface area contributed by atoms with Crippen LogP contribution in [0.4, 0.5) is 16.2 Å². The zero-order valence-corrected chi connectivity index (χ0v) is 26.1. The third-order valence-electron chi connectivity index (χ3n) is 7.56. The minimum Gasteiger partial charge on any atom is -0.506 e. The molecule has 1 aliphatic rings. The third-order valence-corrected chi connectivity index (χ3v) is 7.56. The molecule has 1 aromatic carbocycles. The number of benzene rings is 1. The fourth-order valence-electron chi connectivity index (χ4n) is 5.09. The number of allylic oxidation sites excluding steroid dienone is 2. The molecule has 0 aromatic heterocycles. The summed E-state index contributed by atoms with van der Waals surface area (Å²) in [6.07, 6.45) is 1.40. The zero-order chi connectivity index (χ0) is 33.1. The average molecular weight is 622 g/mol. The molecular weight excluding hydrogens is 574 g/mol. The number of amides is 2. The van der Waals surface area contributed by atoms with E-state index in [1.165, 1.54) is 26.4 Å². The number of aliphatic hydroxyl groups is 3. The molecule has 0 aliphatic carbocycles. The van der Waals surface area contributed by atoms with Gasteiger partial charge in [-0.15, -0.1) is 0 Å². The van der Waals surface area contributed by atoms with Crippen LogP contribution in [-0.4, -0.2) is 95.4 Å². The van der Waals surface area contributed by atoms with Gasteiger partial charge in [0.2, 0.25) is 0 Å². The topological polar surface area (TPSA) is 213 Å². The molecular formula is C31H47N3O10. The second-order valence-corrected chi connectivity index (χ2v) is 11.2. The average Bonchev–Trinajstić information content (AvgIpc) is 2.97. The van der Waals surface area contributed by atoms with Crippen molar-refractivity contribution in [2.24, 2.45) is 17.6 Å². The van der Waals surface area contributed by atoms with Crippen LogP contribution in [0.3, 0.4) is 0 Å². The maximum absolute atomic E-state index is 13.0. The molecule has 7 atom stereocenters. The number of methoxy groups -OCH3 is 2. The molecule has 2 rings (SSSR count). The van der Waals surface area contributed by atoms with E-state index in [4.69, 9.17) is 19.9 Å². The van der Waals surface area contributed by atoms with Crippen molar-refractivity contribution in [3.8, 4) is 11.5 Å². The van der Waals surface area contributed by atoms with E-state index in [0.29, 0.717) is 12.0 Å². The summed E-state index contributed by atoms with van der Waals surface area (Å²) in [6.45, 7) is 6.31. The Hall–Kier alpha value is -3.62. The van der Waals surface area contributed by atoms with Crippen molar-refractivity contribution in [2.45, 2.75) is 71.1 Å². The molecule has 5 unspecified atom stereocenters. The summed E-state index contributed by atoms with van der Waals surface area (Å²) in [6, 6.07) is 1.19. The highest BCUT2D eigenvalue weighted by Crippen LogP contribution is 2.42. The van der Waals surface area contributed by atoms with Crippen LogP contribution in [0.5, 0.6) is 11.5 Å². The quantitative estimate of drug-likeness (QED) is 0.126. The number of ether oxygens (including phenoxy) is 3. The first-order valence-electron chi connectivity index (χ1n) is 14.4. The van der Waals surface area contributed by atoms with Gasteiger partial charge in [0.05, 0.1) is 36.3 Å². The number of aromatic hydroxyl groups is 2. The van der Waals surface area contributed by atoms with Gasteiger partial charge in [-0.2, -0.15) is 0 Å². The Morgan fingerprint density at radius 1 is 1.20 bits per heavy atom. The lowest BCUT2D eigenvalue weighted by Crippen LogP contribution is -2.37. The Bertz CT molecular complexity index is 1230. The largest absolute Gasteiger partial charge is 0.506 e. The number of hydrogen-bond acceptors (Lipinski definition) is 11. The summed E-state index contributed by atoms with van der Waals surface area (Å²) in [7, 11) is 2.90. The van der Waals surface area contributed by atoms with Gasteiger partial charge in [-0.3, -0.25) is 4.79 Å². The van der Waals surface area contributed by atoms with Crippen LogP contribution in [0.2, 0.25) is 0 Å². The lowest BCUT2D eigenvalue weighted by Gasteiger charge is -2.29. The van der Waals surface area contributed by atoms with Crippen molar-refractivity contribution in [3.05, 3.63) is 47.1 Å². The number of aliphatic hydroxyl groups excluding tert-OH is 3. The van der Waals surface area contributed by atoms with Gasteiger partial charge in [-0.05, 0) is 38.2 Å². The Morgan fingerprint density at radius 2 is 1.89 bits per heavy atom. The van der Waals surface area contributed by atoms with Gasteiger partial charge in [0.25, 0.3) is 5.91 Å².